The molecule has 5 rings (SSSR count). The number of carbonyl (C=O) groups excluding carboxylic acids is 1. The summed E-state index contributed by atoms with van der Waals surface area (Å²) >= 11 is 1.85. The second-order valence-corrected chi connectivity index (χ2v) is 12.6. The lowest BCUT2D eigenvalue weighted by molar-refractivity contribution is -0.181. The van der Waals surface area contributed by atoms with Gasteiger partial charge in [-0.1, -0.05) is 52.0 Å². The van der Waals surface area contributed by atoms with Crippen molar-refractivity contribution in [2.75, 3.05) is 12.9 Å². The van der Waals surface area contributed by atoms with Crippen LogP contribution in [0.3, 0.4) is 0 Å². The molecule has 0 spiro atoms. The first-order valence-electron chi connectivity index (χ1n) is 13.8. The van der Waals surface area contributed by atoms with E-state index in [-0.39, 0.29) is 34.7 Å². The number of rotatable bonds is 4. The number of aliphatic hydroxyl groups excluding tert-OH is 1. The van der Waals surface area contributed by atoms with E-state index in [1.54, 1.807) is 19.4 Å². The van der Waals surface area contributed by atoms with Crippen molar-refractivity contribution < 1.29 is 24.5 Å². The van der Waals surface area contributed by atoms with Gasteiger partial charge in [0.05, 0.1) is 18.0 Å². The van der Waals surface area contributed by atoms with Crippen molar-refractivity contribution in [2.24, 2.45) is 28.6 Å². The monoisotopic (exact) mass is 520 g/mol. The summed E-state index contributed by atoms with van der Waals surface area (Å²) in [6.07, 6.45) is 12.7. The summed E-state index contributed by atoms with van der Waals surface area (Å²) in [6, 6.07) is 0. The molecular weight excluding hydrogens is 472 g/mol. The first kappa shape index (κ1) is 29.5. The zero-order valence-electron chi connectivity index (χ0n) is 23.2. The second-order valence-electron chi connectivity index (χ2n) is 11.4. The number of esters is 1. The molecule has 1 saturated heterocycles. The lowest BCUT2D eigenvalue weighted by Crippen LogP contribution is -2.60. The van der Waals surface area contributed by atoms with Gasteiger partial charge in [0.25, 0.3) is 0 Å². The predicted molar refractivity (Wildman–Crippen MR) is 147 cm³/mol. The highest BCUT2D eigenvalue weighted by molar-refractivity contribution is 8.06. The molecule has 5 nitrogen and oxygen atoms in total. The molecule has 1 heterocycles. The van der Waals surface area contributed by atoms with Gasteiger partial charge in [-0.2, -0.15) is 0 Å². The molecule has 3 saturated carbocycles. The number of carbonyl (C=O) groups is 1. The van der Waals surface area contributed by atoms with Gasteiger partial charge >= 0.3 is 5.97 Å². The molecule has 204 valence electrons. The molecule has 8 atom stereocenters. The van der Waals surface area contributed by atoms with Crippen LogP contribution in [0.4, 0.5) is 0 Å². The van der Waals surface area contributed by atoms with Crippen molar-refractivity contribution in [1.82, 2.24) is 0 Å². The molecule has 4 unspecified atom stereocenters. The summed E-state index contributed by atoms with van der Waals surface area (Å²) in [7, 11) is 1.74. The van der Waals surface area contributed by atoms with Gasteiger partial charge in [0, 0.05) is 25.2 Å². The van der Waals surface area contributed by atoms with Crippen LogP contribution in [0.1, 0.15) is 86.0 Å². The van der Waals surface area contributed by atoms with Crippen molar-refractivity contribution in [2.45, 2.75) is 103 Å². The highest BCUT2D eigenvalue weighted by atomic mass is 32.2. The van der Waals surface area contributed by atoms with E-state index in [2.05, 4.69) is 26.5 Å². The van der Waals surface area contributed by atoms with Gasteiger partial charge in [0.15, 0.2) is 0 Å². The Kier molecular flexibility index (Phi) is 9.63. The van der Waals surface area contributed by atoms with Crippen LogP contribution in [0.2, 0.25) is 0 Å². The fourth-order valence-electron chi connectivity index (χ4n) is 7.81. The Hall–Kier alpha value is -1.08. The normalized spacial score (nSPS) is 42.6. The zero-order chi connectivity index (χ0) is 26.7. The average Bonchev–Trinajstić information content (AvgIpc) is 3.66. The summed E-state index contributed by atoms with van der Waals surface area (Å²) in [6.45, 7) is 14.0. The fraction of sp³-hybridized carbons (Fsp3) is 0.767. The topological polar surface area (TPSA) is 76.0 Å². The van der Waals surface area contributed by atoms with E-state index in [9.17, 15) is 15.0 Å². The first-order chi connectivity index (χ1) is 17.1. The van der Waals surface area contributed by atoms with Gasteiger partial charge in [-0.3, -0.25) is 4.79 Å². The number of hydrogen-bond donors (Lipinski definition) is 2. The third-order valence-electron chi connectivity index (χ3n) is 9.84. The standard InChI is InChI=1S/C25H36O4.C3H6OS.C2H6/c1-5-17(15-29-16(2)26)20-10-13-25(28)22-7-6-18-14-19(27)8-11-23(18,3)21(22)9-12-24(20,25)4;1-4-3-2-5-3;1-2/h5,14-15,19-22,27-28H,1,6-13H2,2-4H3;3H,2H2,1H3;1-2H3/b17-15+;;/t19?,20-,21?,22?,23+,24-,25+;;/m1../s1. The van der Waals surface area contributed by atoms with Gasteiger partial charge in [-0.15, -0.1) is 11.8 Å². The van der Waals surface area contributed by atoms with E-state index in [1.807, 2.05) is 25.6 Å². The molecule has 4 fully saturated rings. The van der Waals surface area contributed by atoms with E-state index >= 15 is 0 Å². The molecule has 0 aromatic heterocycles. The molecule has 0 bridgehead atoms. The van der Waals surface area contributed by atoms with E-state index in [0.717, 1.165) is 56.9 Å². The second kappa shape index (κ2) is 11.8. The van der Waals surface area contributed by atoms with E-state index in [4.69, 9.17) is 9.47 Å². The summed E-state index contributed by atoms with van der Waals surface area (Å²) in [4.78, 5) is 11.3. The van der Waals surface area contributed by atoms with Gasteiger partial charge in [0.1, 0.15) is 5.44 Å². The Morgan fingerprint density at radius 3 is 2.39 bits per heavy atom. The highest BCUT2D eigenvalue weighted by Gasteiger charge is 2.66. The molecule has 0 aromatic carbocycles. The van der Waals surface area contributed by atoms with E-state index < -0.39 is 5.60 Å². The van der Waals surface area contributed by atoms with Crippen LogP contribution in [0, 0.1) is 28.6 Å². The summed E-state index contributed by atoms with van der Waals surface area (Å²) < 4.78 is 10.0. The lowest BCUT2D eigenvalue weighted by Gasteiger charge is -2.61. The highest BCUT2D eigenvalue weighted by Crippen LogP contribution is 2.69. The van der Waals surface area contributed by atoms with Crippen LogP contribution in [-0.4, -0.2) is 46.2 Å². The zero-order valence-corrected chi connectivity index (χ0v) is 24.0. The third kappa shape index (κ3) is 5.39. The lowest BCUT2D eigenvalue weighted by atomic mass is 9.45. The van der Waals surface area contributed by atoms with Crippen LogP contribution >= 0.6 is 11.8 Å². The van der Waals surface area contributed by atoms with E-state index in [1.165, 1.54) is 18.2 Å². The minimum Gasteiger partial charge on any atom is -0.434 e. The van der Waals surface area contributed by atoms with Gasteiger partial charge in [0.2, 0.25) is 0 Å². The fourth-order valence-corrected chi connectivity index (χ4v) is 8.16. The van der Waals surface area contributed by atoms with Crippen LogP contribution < -0.4 is 0 Å². The third-order valence-corrected chi connectivity index (χ3v) is 10.6. The van der Waals surface area contributed by atoms with Gasteiger partial charge in [-0.05, 0) is 80.1 Å². The Morgan fingerprint density at radius 1 is 1.14 bits per heavy atom. The van der Waals surface area contributed by atoms with Crippen molar-refractivity contribution in [3.05, 3.63) is 36.1 Å². The molecule has 36 heavy (non-hydrogen) atoms. The smallest absolute Gasteiger partial charge is 0.307 e. The average molecular weight is 521 g/mol. The van der Waals surface area contributed by atoms with Crippen LogP contribution in [0.15, 0.2) is 36.1 Å². The minimum absolute atomic E-state index is 0.103. The molecular formula is C30H48O5S. The van der Waals surface area contributed by atoms with Crippen LogP contribution in [-0.2, 0) is 14.3 Å². The number of ether oxygens (including phenoxy) is 2. The van der Waals surface area contributed by atoms with Crippen LogP contribution in [0.5, 0.6) is 0 Å². The summed E-state index contributed by atoms with van der Waals surface area (Å²) in [5, 5.41) is 22.3. The Morgan fingerprint density at radius 2 is 1.83 bits per heavy atom. The Balaban J connectivity index is 0.000000452. The minimum atomic E-state index is -0.705. The SMILES string of the molecule is C=C/C(=C\OC(C)=O)[C@H]1CC[C@]2(O)C3CCC4=CC(O)CC[C@]4(C)C3CC[C@]12C.CC.COC1CS1. The molecule has 0 aromatic rings. The quantitative estimate of drug-likeness (QED) is 0.147. The van der Waals surface area contributed by atoms with Gasteiger partial charge in [-0.25, -0.2) is 0 Å². The van der Waals surface area contributed by atoms with Crippen molar-refractivity contribution in [1.29, 1.82) is 0 Å². The van der Waals surface area contributed by atoms with Gasteiger partial charge < -0.3 is 19.7 Å². The van der Waals surface area contributed by atoms with Crippen molar-refractivity contribution in [3.8, 4) is 0 Å². The summed E-state index contributed by atoms with van der Waals surface area (Å²) in [5.41, 5.74) is 2.06. The summed E-state index contributed by atoms with van der Waals surface area (Å²) in [5.74, 6) is 1.78. The molecule has 2 N–H and O–H groups in total. The molecule has 0 radical (unpaired) electrons. The number of hydrogen-bond acceptors (Lipinski definition) is 6. The number of methoxy groups -OCH3 is 1. The molecule has 4 aliphatic carbocycles. The molecule has 1 aliphatic heterocycles. The number of aliphatic hydroxyl groups is 2. The number of fused-ring (bicyclic) bond motifs is 5. The molecule has 0 amide bonds. The Bertz CT molecular complexity index is 863. The maximum absolute atomic E-state index is 12.2. The van der Waals surface area contributed by atoms with E-state index in [0.29, 0.717) is 11.4 Å². The first-order valence-corrected chi connectivity index (χ1v) is 14.9. The predicted octanol–water partition coefficient (Wildman–Crippen LogP) is 6.41. The Labute approximate surface area is 222 Å². The molecule has 5 aliphatic rings. The van der Waals surface area contributed by atoms with Crippen LogP contribution in [0.25, 0.3) is 0 Å². The number of thioether (sulfide) groups is 1. The maximum Gasteiger partial charge on any atom is 0.307 e. The maximum atomic E-state index is 12.2. The largest absolute Gasteiger partial charge is 0.434 e. The van der Waals surface area contributed by atoms with Crippen molar-refractivity contribution >= 4 is 17.7 Å². The number of allylic oxidation sites excluding steroid dienone is 3. The molecule has 6 heteroatoms. The van der Waals surface area contributed by atoms with Crippen molar-refractivity contribution in [3.63, 3.8) is 0 Å².